The molecule has 0 aliphatic rings. The van der Waals surface area contributed by atoms with Gasteiger partial charge in [-0.05, 0) is 32.9 Å². The van der Waals surface area contributed by atoms with Crippen LogP contribution in [0.15, 0.2) is 30.3 Å². The maximum Gasteiger partial charge on any atom is 0.254 e. The second-order valence-electron chi connectivity index (χ2n) is 5.14. The van der Waals surface area contributed by atoms with Crippen LogP contribution in [-0.4, -0.2) is 40.1 Å². The van der Waals surface area contributed by atoms with E-state index >= 15 is 0 Å². The number of benzene rings is 1. The number of aliphatic hydroxyl groups is 1. The maximum atomic E-state index is 12.7. The van der Waals surface area contributed by atoms with Crippen molar-refractivity contribution < 1.29 is 9.90 Å². The van der Waals surface area contributed by atoms with Crippen molar-refractivity contribution in [3.8, 4) is 0 Å². The van der Waals surface area contributed by atoms with Crippen LogP contribution >= 0.6 is 0 Å². The minimum atomic E-state index is -0.0595. The number of fused-ring (bicyclic) bond motifs is 1. The molecule has 0 spiro atoms. The van der Waals surface area contributed by atoms with Crippen LogP contribution in [0.4, 0.5) is 0 Å². The van der Waals surface area contributed by atoms with Gasteiger partial charge in [0.2, 0.25) is 0 Å². The number of aromatic nitrogens is 1. The fourth-order valence-corrected chi connectivity index (χ4v) is 2.34. The van der Waals surface area contributed by atoms with E-state index in [-0.39, 0.29) is 18.6 Å². The first-order valence-corrected chi connectivity index (χ1v) is 6.83. The predicted octanol–water partition coefficient (Wildman–Crippen LogP) is 2.39. The van der Waals surface area contributed by atoms with Crippen molar-refractivity contribution in [2.45, 2.75) is 26.8 Å². The fourth-order valence-electron chi connectivity index (χ4n) is 2.34. The van der Waals surface area contributed by atoms with Crippen molar-refractivity contribution in [1.29, 1.82) is 0 Å². The highest BCUT2D eigenvalue weighted by molar-refractivity contribution is 6.06. The molecule has 106 valence electrons. The van der Waals surface area contributed by atoms with Gasteiger partial charge >= 0.3 is 0 Å². The van der Waals surface area contributed by atoms with E-state index in [9.17, 15) is 4.79 Å². The third-order valence-electron chi connectivity index (χ3n) is 3.30. The minimum absolute atomic E-state index is 0.0358. The molecule has 0 saturated heterocycles. The lowest BCUT2D eigenvalue weighted by atomic mass is 10.1. The summed E-state index contributed by atoms with van der Waals surface area (Å²) < 4.78 is 0. The Balaban J connectivity index is 2.53. The van der Waals surface area contributed by atoms with Crippen LogP contribution in [0, 0.1) is 6.92 Å². The highest BCUT2D eigenvalue weighted by Gasteiger charge is 2.20. The smallest absolute Gasteiger partial charge is 0.254 e. The van der Waals surface area contributed by atoms with Gasteiger partial charge in [0.25, 0.3) is 5.91 Å². The number of amides is 1. The zero-order valence-corrected chi connectivity index (χ0v) is 12.1. The van der Waals surface area contributed by atoms with E-state index in [0.29, 0.717) is 12.1 Å². The maximum absolute atomic E-state index is 12.7. The molecule has 20 heavy (non-hydrogen) atoms. The SMILES string of the molecule is Cc1cc(C(=O)N(CCO)C(C)C)c2ccccc2n1. The van der Waals surface area contributed by atoms with Crippen molar-refractivity contribution in [2.75, 3.05) is 13.2 Å². The Bertz CT molecular complexity index is 623. The van der Waals surface area contributed by atoms with Crippen LogP contribution in [0.1, 0.15) is 29.9 Å². The van der Waals surface area contributed by atoms with Gasteiger partial charge in [0, 0.05) is 23.7 Å². The highest BCUT2D eigenvalue weighted by atomic mass is 16.3. The van der Waals surface area contributed by atoms with Crippen LogP contribution in [0.3, 0.4) is 0 Å². The predicted molar refractivity (Wildman–Crippen MR) is 79.7 cm³/mol. The molecule has 4 heteroatoms. The Hall–Kier alpha value is -1.94. The van der Waals surface area contributed by atoms with Crippen LogP contribution < -0.4 is 0 Å². The molecule has 1 N–H and O–H groups in total. The Kier molecular flexibility index (Phi) is 4.35. The molecular formula is C16H20N2O2. The van der Waals surface area contributed by atoms with Gasteiger partial charge in [-0.25, -0.2) is 0 Å². The normalized spacial score (nSPS) is 11.1. The molecule has 2 rings (SSSR count). The summed E-state index contributed by atoms with van der Waals surface area (Å²) in [6, 6.07) is 9.50. The van der Waals surface area contributed by atoms with E-state index in [1.807, 2.05) is 51.1 Å². The average molecular weight is 272 g/mol. The van der Waals surface area contributed by atoms with E-state index in [0.717, 1.165) is 16.6 Å². The quantitative estimate of drug-likeness (QED) is 0.929. The molecule has 1 aromatic carbocycles. The Morgan fingerprint density at radius 2 is 2.05 bits per heavy atom. The summed E-state index contributed by atoms with van der Waals surface area (Å²) in [6.45, 7) is 6.08. The number of aryl methyl sites for hydroxylation is 1. The largest absolute Gasteiger partial charge is 0.395 e. The third-order valence-corrected chi connectivity index (χ3v) is 3.30. The second kappa shape index (κ2) is 6.01. The van der Waals surface area contributed by atoms with Crippen molar-refractivity contribution in [1.82, 2.24) is 9.88 Å². The number of aliphatic hydroxyl groups excluding tert-OH is 1. The van der Waals surface area contributed by atoms with E-state index in [1.54, 1.807) is 4.90 Å². The van der Waals surface area contributed by atoms with Crippen molar-refractivity contribution >= 4 is 16.8 Å². The number of para-hydroxylation sites is 1. The molecule has 2 aromatic rings. The number of rotatable bonds is 4. The number of pyridine rings is 1. The summed E-state index contributed by atoms with van der Waals surface area (Å²) >= 11 is 0. The number of carbonyl (C=O) groups is 1. The topological polar surface area (TPSA) is 53.4 Å². The molecule has 1 heterocycles. The molecule has 0 aliphatic carbocycles. The Morgan fingerprint density at radius 3 is 2.70 bits per heavy atom. The van der Waals surface area contributed by atoms with Crippen LogP contribution in [0.2, 0.25) is 0 Å². The van der Waals surface area contributed by atoms with Crippen molar-refractivity contribution in [2.24, 2.45) is 0 Å². The molecule has 4 nitrogen and oxygen atoms in total. The van der Waals surface area contributed by atoms with Gasteiger partial charge in [0.1, 0.15) is 0 Å². The minimum Gasteiger partial charge on any atom is -0.395 e. The molecule has 0 bridgehead atoms. The van der Waals surface area contributed by atoms with Crippen LogP contribution in [0.5, 0.6) is 0 Å². The van der Waals surface area contributed by atoms with E-state index in [4.69, 9.17) is 5.11 Å². The van der Waals surface area contributed by atoms with Gasteiger partial charge in [0.15, 0.2) is 0 Å². The first kappa shape index (κ1) is 14.5. The molecule has 0 atom stereocenters. The molecule has 0 aliphatic heterocycles. The number of nitrogens with zero attached hydrogens (tertiary/aromatic N) is 2. The van der Waals surface area contributed by atoms with Crippen molar-refractivity contribution in [3.05, 3.63) is 41.6 Å². The Morgan fingerprint density at radius 1 is 1.35 bits per heavy atom. The van der Waals surface area contributed by atoms with E-state index in [1.165, 1.54) is 0 Å². The summed E-state index contributed by atoms with van der Waals surface area (Å²) in [4.78, 5) is 18.9. The second-order valence-corrected chi connectivity index (χ2v) is 5.14. The van der Waals surface area contributed by atoms with E-state index in [2.05, 4.69) is 4.98 Å². The van der Waals surface area contributed by atoms with Crippen molar-refractivity contribution in [3.63, 3.8) is 0 Å². The summed E-state index contributed by atoms with van der Waals surface area (Å²) in [5.41, 5.74) is 2.29. The summed E-state index contributed by atoms with van der Waals surface area (Å²) in [5.74, 6) is -0.0595. The van der Waals surface area contributed by atoms with Gasteiger partial charge in [-0.1, -0.05) is 18.2 Å². The molecule has 0 saturated carbocycles. The fraction of sp³-hybridized carbons (Fsp3) is 0.375. The highest BCUT2D eigenvalue weighted by Crippen LogP contribution is 2.20. The van der Waals surface area contributed by atoms with E-state index < -0.39 is 0 Å². The molecule has 1 amide bonds. The third kappa shape index (κ3) is 2.80. The molecular weight excluding hydrogens is 252 g/mol. The molecule has 0 radical (unpaired) electrons. The number of carbonyl (C=O) groups excluding carboxylic acids is 1. The molecule has 1 aromatic heterocycles. The first-order valence-electron chi connectivity index (χ1n) is 6.83. The molecule has 0 unspecified atom stereocenters. The molecule has 0 fully saturated rings. The summed E-state index contributed by atoms with van der Waals surface area (Å²) in [7, 11) is 0. The average Bonchev–Trinajstić information content (AvgIpc) is 2.42. The van der Waals surface area contributed by atoms with Gasteiger partial charge in [0.05, 0.1) is 17.7 Å². The van der Waals surface area contributed by atoms with Gasteiger partial charge in [-0.2, -0.15) is 0 Å². The standard InChI is InChI=1S/C16H20N2O2/c1-11(2)18(8-9-19)16(20)14-10-12(3)17-15-7-5-4-6-13(14)15/h4-7,10-11,19H,8-9H2,1-3H3. The lowest BCUT2D eigenvalue weighted by Crippen LogP contribution is -2.39. The van der Waals surface area contributed by atoms with Crippen LogP contribution in [-0.2, 0) is 0 Å². The number of hydrogen-bond acceptors (Lipinski definition) is 3. The Labute approximate surface area is 119 Å². The zero-order chi connectivity index (χ0) is 14.7. The van der Waals surface area contributed by atoms with Crippen LogP contribution in [0.25, 0.3) is 10.9 Å². The zero-order valence-electron chi connectivity index (χ0n) is 12.1. The monoisotopic (exact) mass is 272 g/mol. The van der Waals surface area contributed by atoms with Gasteiger partial charge < -0.3 is 10.0 Å². The lowest BCUT2D eigenvalue weighted by Gasteiger charge is -2.26. The summed E-state index contributed by atoms with van der Waals surface area (Å²) in [6.07, 6.45) is 0. The first-order chi connectivity index (χ1) is 9.54. The van der Waals surface area contributed by atoms with Gasteiger partial charge in [-0.15, -0.1) is 0 Å². The number of hydrogen-bond donors (Lipinski definition) is 1. The van der Waals surface area contributed by atoms with Gasteiger partial charge in [-0.3, -0.25) is 9.78 Å². The lowest BCUT2D eigenvalue weighted by molar-refractivity contribution is 0.0667. The summed E-state index contributed by atoms with van der Waals surface area (Å²) in [5, 5.41) is 10.00.